The summed E-state index contributed by atoms with van der Waals surface area (Å²) in [5, 5.41) is 2.58. The standard InChI is InChI=1S/C27H40N2/c1-20(2)10-5-11-21(3)12-6-13-22(4)14-7-19-26-28-24-17-8-15-23-16-9-18-25(29-26)27(23)24/h8-9,15-22,28-29H,5-7,10-14H2,1-4H3. The molecule has 0 fully saturated rings. The van der Waals surface area contributed by atoms with Gasteiger partial charge in [-0.05, 0) is 54.2 Å². The molecule has 0 amide bonds. The maximum Gasteiger partial charge on any atom is 0.103 e. The van der Waals surface area contributed by atoms with Crippen molar-refractivity contribution in [2.75, 3.05) is 0 Å². The summed E-state index contributed by atoms with van der Waals surface area (Å²) in [6.07, 6.45) is 13.1. The summed E-state index contributed by atoms with van der Waals surface area (Å²) in [7, 11) is 0. The van der Waals surface area contributed by atoms with Crippen molar-refractivity contribution in [3.63, 3.8) is 0 Å². The Hall–Kier alpha value is -1.96. The molecule has 2 unspecified atom stereocenters. The highest BCUT2D eigenvalue weighted by atomic mass is 14.8. The van der Waals surface area contributed by atoms with Crippen LogP contribution in [0.2, 0.25) is 0 Å². The van der Waals surface area contributed by atoms with Crippen molar-refractivity contribution >= 4 is 27.9 Å². The molecule has 0 bridgehead atoms. The molecule has 2 N–H and O–H groups in total. The van der Waals surface area contributed by atoms with E-state index in [4.69, 9.17) is 0 Å². The number of hydrogen-bond donors (Lipinski definition) is 2. The molecule has 158 valence electrons. The lowest BCUT2D eigenvalue weighted by atomic mass is 9.92. The largest absolute Gasteiger partial charge is 0.342 e. The van der Waals surface area contributed by atoms with E-state index in [1.807, 2.05) is 0 Å². The molecule has 0 aliphatic rings. The maximum absolute atomic E-state index is 3.57. The van der Waals surface area contributed by atoms with Gasteiger partial charge in [-0.3, -0.25) is 0 Å². The van der Waals surface area contributed by atoms with Gasteiger partial charge in [-0.25, -0.2) is 0 Å². The van der Waals surface area contributed by atoms with Crippen molar-refractivity contribution in [3.05, 3.63) is 41.9 Å². The van der Waals surface area contributed by atoms with Crippen molar-refractivity contribution in [2.45, 2.75) is 79.1 Å². The monoisotopic (exact) mass is 392 g/mol. The Balaban J connectivity index is 1.46. The third-order valence-electron chi connectivity index (χ3n) is 6.32. The Morgan fingerprint density at radius 1 is 0.724 bits per heavy atom. The first-order valence-electron chi connectivity index (χ1n) is 11.8. The molecule has 0 aliphatic heterocycles. The fourth-order valence-electron chi connectivity index (χ4n) is 4.46. The molecule has 0 radical (unpaired) electrons. The van der Waals surface area contributed by atoms with Crippen molar-refractivity contribution in [1.29, 1.82) is 0 Å². The van der Waals surface area contributed by atoms with E-state index in [1.54, 1.807) is 0 Å². The second-order valence-corrected chi connectivity index (χ2v) is 9.62. The zero-order valence-corrected chi connectivity index (χ0v) is 18.9. The second-order valence-electron chi connectivity index (χ2n) is 9.62. The van der Waals surface area contributed by atoms with Gasteiger partial charge in [-0.1, -0.05) is 90.5 Å². The van der Waals surface area contributed by atoms with Crippen molar-refractivity contribution < 1.29 is 0 Å². The van der Waals surface area contributed by atoms with E-state index in [9.17, 15) is 0 Å². The Labute approximate surface area is 176 Å². The topological polar surface area (TPSA) is 31.6 Å². The van der Waals surface area contributed by atoms with Crippen LogP contribution in [-0.4, -0.2) is 9.97 Å². The minimum Gasteiger partial charge on any atom is -0.342 e. The van der Waals surface area contributed by atoms with Crippen LogP contribution in [0.4, 0.5) is 0 Å². The molecule has 3 aromatic rings. The van der Waals surface area contributed by atoms with Gasteiger partial charge < -0.3 is 9.97 Å². The van der Waals surface area contributed by atoms with E-state index in [0.29, 0.717) is 0 Å². The first-order chi connectivity index (χ1) is 14.0. The van der Waals surface area contributed by atoms with Crippen molar-refractivity contribution in [3.8, 4) is 0 Å². The molecular formula is C27H40N2. The van der Waals surface area contributed by atoms with Gasteiger partial charge in [-0.2, -0.15) is 0 Å². The fraction of sp³-hybridized carbons (Fsp3) is 0.556. The highest BCUT2D eigenvalue weighted by molar-refractivity contribution is 6.06. The summed E-state index contributed by atoms with van der Waals surface area (Å²) in [4.78, 5) is 7.14. The molecule has 0 aliphatic carbocycles. The van der Waals surface area contributed by atoms with Crippen molar-refractivity contribution in [1.82, 2.24) is 9.97 Å². The number of nitrogens with one attached hydrogen (secondary N) is 2. The van der Waals surface area contributed by atoms with Crippen LogP contribution in [0, 0.1) is 17.8 Å². The molecule has 2 aromatic carbocycles. The predicted octanol–water partition coefficient (Wildman–Crippen LogP) is 7.76. The van der Waals surface area contributed by atoms with Crippen LogP contribution < -0.4 is 5.48 Å². The molecule has 2 heteroatoms. The van der Waals surface area contributed by atoms with Gasteiger partial charge in [0.1, 0.15) is 5.48 Å². The van der Waals surface area contributed by atoms with Crippen LogP contribution in [0.5, 0.6) is 0 Å². The molecule has 1 aromatic heterocycles. The zero-order valence-electron chi connectivity index (χ0n) is 18.9. The van der Waals surface area contributed by atoms with Crippen molar-refractivity contribution in [2.24, 2.45) is 17.8 Å². The lowest BCUT2D eigenvalue weighted by Crippen LogP contribution is -2.12. The summed E-state index contributed by atoms with van der Waals surface area (Å²) in [5.41, 5.74) is 3.55. The molecule has 2 nitrogen and oxygen atoms in total. The third-order valence-corrected chi connectivity index (χ3v) is 6.32. The van der Waals surface area contributed by atoms with Gasteiger partial charge in [-0.15, -0.1) is 0 Å². The summed E-state index contributed by atoms with van der Waals surface area (Å²) in [5.74, 6) is 2.54. The van der Waals surface area contributed by atoms with Crippen LogP contribution in [0.25, 0.3) is 27.9 Å². The van der Waals surface area contributed by atoms with Gasteiger partial charge in [0.25, 0.3) is 0 Å². The second kappa shape index (κ2) is 10.7. The maximum atomic E-state index is 3.57. The van der Waals surface area contributed by atoms with Gasteiger partial charge >= 0.3 is 0 Å². The smallest absolute Gasteiger partial charge is 0.103 e. The lowest BCUT2D eigenvalue weighted by molar-refractivity contribution is 0.394. The summed E-state index contributed by atoms with van der Waals surface area (Å²) < 4.78 is 0. The molecule has 0 saturated heterocycles. The Kier molecular flexibility index (Phi) is 8.03. The third kappa shape index (κ3) is 6.52. The van der Waals surface area contributed by atoms with E-state index < -0.39 is 0 Å². The van der Waals surface area contributed by atoms with Gasteiger partial charge in [0.15, 0.2) is 0 Å². The van der Waals surface area contributed by atoms with Gasteiger partial charge in [0.2, 0.25) is 0 Å². The zero-order chi connectivity index (χ0) is 20.6. The first-order valence-corrected chi connectivity index (χ1v) is 11.8. The summed E-state index contributed by atoms with van der Waals surface area (Å²) >= 11 is 0. The number of benzene rings is 2. The molecule has 0 saturated carbocycles. The predicted molar refractivity (Wildman–Crippen MR) is 129 cm³/mol. The fourth-order valence-corrected chi connectivity index (χ4v) is 4.46. The summed E-state index contributed by atoms with van der Waals surface area (Å²) in [6, 6.07) is 12.9. The van der Waals surface area contributed by atoms with E-state index >= 15 is 0 Å². The van der Waals surface area contributed by atoms with Crippen LogP contribution in [0.3, 0.4) is 0 Å². The van der Waals surface area contributed by atoms with Crippen LogP contribution >= 0.6 is 0 Å². The SMILES string of the molecule is CC(C)CCCC(C)CCCC(C)CCC=c1[nH]c2cccc3cccc([nH]1)c32. The molecule has 1 heterocycles. The minimum atomic E-state index is 0.800. The van der Waals surface area contributed by atoms with Crippen LogP contribution in [0.1, 0.15) is 79.1 Å². The Bertz CT molecular complexity index is 892. The quantitative estimate of drug-likeness (QED) is 0.334. The summed E-state index contributed by atoms with van der Waals surface area (Å²) in [6.45, 7) is 9.52. The number of rotatable bonds is 11. The molecular weight excluding hydrogens is 352 g/mol. The average Bonchev–Trinajstić information content (AvgIpc) is 2.68. The molecule has 0 spiro atoms. The minimum absolute atomic E-state index is 0.800. The van der Waals surface area contributed by atoms with E-state index in [1.165, 1.54) is 66.8 Å². The number of H-pyrrole nitrogens is 2. The molecule has 29 heavy (non-hydrogen) atoms. The van der Waals surface area contributed by atoms with Gasteiger partial charge in [0, 0.05) is 16.4 Å². The molecule has 3 rings (SSSR count). The van der Waals surface area contributed by atoms with E-state index in [2.05, 4.69) is 80.1 Å². The van der Waals surface area contributed by atoms with E-state index in [0.717, 1.165) is 29.7 Å². The average molecular weight is 393 g/mol. The Morgan fingerprint density at radius 2 is 1.28 bits per heavy atom. The first kappa shape index (κ1) is 21.7. The highest BCUT2D eigenvalue weighted by Gasteiger charge is 2.06. The highest BCUT2D eigenvalue weighted by Crippen LogP contribution is 2.23. The normalized spacial score (nSPS) is 14.0. The van der Waals surface area contributed by atoms with Crippen LogP contribution in [0.15, 0.2) is 36.4 Å². The lowest BCUT2D eigenvalue weighted by Gasteiger charge is -2.14. The van der Waals surface area contributed by atoms with E-state index in [-0.39, 0.29) is 0 Å². The van der Waals surface area contributed by atoms with Gasteiger partial charge in [0.05, 0.1) is 0 Å². The number of hydrogen-bond acceptors (Lipinski definition) is 0. The number of aromatic nitrogens is 2. The molecule has 2 atom stereocenters. The number of aromatic amines is 2. The van der Waals surface area contributed by atoms with Crippen LogP contribution in [-0.2, 0) is 0 Å². The Morgan fingerprint density at radius 3 is 1.86 bits per heavy atom.